The second kappa shape index (κ2) is 4.68. The van der Waals surface area contributed by atoms with Gasteiger partial charge in [0.05, 0.1) is 0 Å². The molecule has 0 aromatic carbocycles. The van der Waals surface area contributed by atoms with E-state index >= 15 is 0 Å². The number of aromatic nitrogens is 1. The van der Waals surface area contributed by atoms with Gasteiger partial charge in [-0.25, -0.2) is 21.8 Å². The molecule has 0 saturated carbocycles. The SMILES string of the molecule is CS(=O)(=O)CS(=O)(=O)Nc1cc(Br)ccn1. The second-order valence-electron chi connectivity index (χ2n) is 3.12. The van der Waals surface area contributed by atoms with Crippen LogP contribution >= 0.6 is 15.9 Å². The fraction of sp³-hybridized carbons (Fsp3) is 0.286. The summed E-state index contributed by atoms with van der Waals surface area (Å²) in [7, 11) is -7.53. The third kappa shape index (κ3) is 4.90. The third-order valence-electron chi connectivity index (χ3n) is 1.35. The largest absolute Gasteiger partial charge is 0.266 e. The van der Waals surface area contributed by atoms with Gasteiger partial charge in [-0.1, -0.05) is 15.9 Å². The lowest BCUT2D eigenvalue weighted by atomic mass is 10.5. The molecule has 0 fully saturated rings. The highest BCUT2D eigenvalue weighted by Gasteiger charge is 2.18. The van der Waals surface area contributed by atoms with E-state index < -0.39 is 24.9 Å². The highest BCUT2D eigenvalue weighted by Crippen LogP contribution is 2.14. The van der Waals surface area contributed by atoms with Crippen LogP contribution in [0.4, 0.5) is 5.82 Å². The summed E-state index contributed by atoms with van der Waals surface area (Å²) in [4.78, 5) is 3.74. The summed E-state index contributed by atoms with van der Waals surface area (Å²) >= 11 is 3.14. The van der Waals surface area contributed by atoms with Crippen molar-refractivity contribution in [1.82, 2.24) is 4.98 Å². The van der Waals surface area contributed by atoms with Crippen LogP contribution in [0, 0.1) is 0 Å². The van der Waals surface area contributed by atoms with Crippen molar-refractivity contribution in [3.8, 4) is 0 Å². The van der Waals surface area contributed by atoms with Gasteiger partial charge in [0.1, 0.15) is 5.82 Å². The van der Waals surface area contributed by atoms with Gasteiger partial charge in [0.15, 0.2) is 14.9 Å². The lowest BCUT2D eigenvalue weighted by molar-refractivity contribution is 0.595. The topological polar surface area (TPSA) is 93.2 Å². The van der Waals surface area contributed by atoms with Crippen molar-refractivity contribution in [2.75, 3.05) is 16.1 Å². The molecule has 0 aliphatic carbocycles. The average Bonchev–Trinajstić information content (AvgIpc) is 1.96. The van der Waals surface area contributed by atoms with Gasteiger partial charge in [0, 0.05) is 16.9 Å². The Kier molecular flexibility index (Phi) is 3.92. The summed E-state index contributed by atoms with van der Waals surface area (Å²) in [5.41, 5.74) is 0. The summed E-state index contributed by atoms with van der Waals surface area (Å²) in [6.07, 6.45) is 2.24. The molecule has 0 bridgehead atoms. The second-order valence-corrected chi connectivity index (χ2v) is 8.26. The van der Waals surface area contributed by atoms with Crippen molar-refractivity contribution >= 4 is 41.6 Å². The molecule has 0 spiro atoms. The smallest absolute Gasteiger partial charge is 0.248 e. The van der Waals surface area contributed by atoms with E-state index in [1.165, 1.54) is 12.3 Å². The molecule has 9 heteroatoms. The van der Waals surface area contributed by atoms with Crippen LogP contribution in [0.1, 0.15) is 0 Å². The Morgan fingerprint density at radius 3 is 2.50 bits per heavy atom. The zero-order valence-electron chi connectivity index (χ0n) is 8.21. The summed E-state index contributed by atoms with van der Waals surface area (Å²) in [6, 6.07) is 3.05. The molecule has 0 saturated heterocycles. The van der Waals surface area contributed by atoms with E-state index in [4.69, 9.17) is 0 Å². The van der Waals surface area contributed by atoms with Crippen LogP contribution in [-0.4, -0.2) is 33.2 Å². The van der Waals surface area contributed by atoms with Crippen LogP contribution < -0.4 is 4.72 Å². The van der Waals surface area contributed by atoms with Gasteiger partial charge < -0.3 is 0 Å². The third-order valence-corrected chi connectivity index (χ3v) is 5.32. The van der Waals surface area contributed by atoms with Crippen LogP contribution in [0.3, 0.4) is 0 Å². The molecule has 16 heavy (non-hydrogen) atoms. The minimum absolute atomic E-state index is 0.0676. The molecule has 1 rings (SSSR count). The van der Waals surface area contributed by atoms with Gasteiger partial charge in [-0.15, -0.1) is 0 Å². The van der Waals surface area contributed by atoms with Gasteiger partial charge in [-0.2, -0.15) is 0 Å². The Hall–Kier alpha value is -0.670. The molecule has 0 aliphatic rings. The molecule has 0 atom stereocenters. The lowest BCUT2D eigenvalue weighted by Gasteiger charge is -2.05. The standard InChI is InChI=1S/C7H9BrN2O4S2/c1-15(11,12)5-16(13,14)10-7-4-6(8)2-3-9-7/h2-4H,5H2,1H3,(H,9,10). The Balaban J connectivity index is 2.90. The molecule has 0 amide bonds. The Bertz CT molecular complexity index is 582. The molecule has 0 unspecified atom stereocenters. The van der Waals surface area contributed by atoms with Gasteiger partial charge >= 0.3 is 0 Å². The molecule has 1 heterocycles. The molecule has 0 radical (unpaired) electrons. The van der Waals surface area contributed by atoms with E-state index in [-0.39, 0.29) is 5.82 Å². The maximum Gasteiger partial charge on any atom is 0.248 e. The Morgan fingerprint density at radius 1 is 1.38 bits per heavy atom. The quantitative estimate of drug-likeness (QED) is 0.872. The normalized spacial score (nSPS) is 12.4. The summed E-state index contributed by atoms with van der Waals surface area (Å²) in [5, 5.41) is -0.964. The van der Waals surface area contributed by atoms with Crippen molar-refractivity contribution in [2.45, 2.75) is 0 Å². The number of sulfone groups is 1. The molecule has 1 aromatic heterocycles. The molecule has 1 aromatic rings. The van der Waals surface area contributed by atoms with E-state index in [0.29, 0.717) is 4.47 Å². The molecule has 6 nitrogen and oxygen atoms in total. The zero-order chi connectivity index (χ0) is 12.4. The number of rotatable bonds is 4. The molecular weight excluding hydrogens is 320 g/mol. The minimum Gasteiger partial charge on any atom is -0.266 e. The number of nitrogens with zero attached hydrogens (tertiary/aromatic N) is 1. The molecular formula is C7H9BrN2O4S2. The van der Waals surface area contributed by atoms with Crippen molar-refractivity contribution in [3.63, 3.8) is 0 Å². The highest BCUT2D eigenvalue weighted by atomic mass is 79.9. The number of hydrogen-bond acceptors (Lipinski definition) is 5. The number of pyridine rings is 1. The fourth-order valence-electron chi connectivity index (χ4n) is 0.931. The van der Waals surface area contributed by atoms with Crippen molar-refractivity contribution in [1.29, 1.82) is 0 Å². The van der Waals surface area contributed by atoms with Gasteiger partial charge in [-0.3, -0.25) is 4.72 Å². The summed E-state index contributed by atoms with van der Waals surface area (Å²) in [5.74, 6) is 0.0676. The van der Waals surface area contributed by atoms with E-state index in [1.54, 1.807) is 6.07 Å². The molecule has 90 valence electrons. The number of sulfonamides is 1. The van der Waals surface area contributed by atoms with Crippen LogP contribution in [0.5, 0.6) is 0 Å². The van der Waals surface area contributed by atoms with Crippen LogP contribution in [0.2, 0.25) is 0 Å². The van der Waals surface area contributed by atoms with Gasteiger partial charge in [-0.05, 0) is 12.1 Å². The van der Waals surface area contributed by atoms with Crippen LogP contribution in [0.15, 0.2) is 22.8 Å². The maximum absolute atomic E-state index is 11.4. The van der Waals surface area contributed by atoms with Crippen molar-refractivity contribution in [2.24, 2.45) is 0 Å². The zero-order valence-corrected chi connectivity index (χ0v) is 11.4. The molecule has 0 aliphatic heterocycles. The monoisotopic (exact) mass is 328 g/mol. The van der Waals surface area contributed by atoms with E-state index in [0.717, 1.165) is 6.26 Å². The number of nitrogens with one attached hydrogen (secondary N) is 1. The van der Waals surface area contributed by atoms with E-state index in [2.05, 4.69) is 25.6 Å². The number of halogens is 1. The van der Waals surface area contributed by atoms with Crippen LogP contribution in [-0.2, 0) is 19.9 Å². The predicted molar refractivity (Wildman–Crippen MR) is 64.2 cm³/mol. The van der Waals surface area contributed by atoms with E-state index in [1.807, 2.05) is 0 Å². The van der Waals surface area contributed by atoms with Gasteiger partial charge in [0.25, 0.3) is 0 Å². The Morgan fingerprint density at radius 2 is 2.00 bits per heavy atom. The minimum atomic E-state index is -3.93. The predicted octanol–water partition coefficient (Wildman–Crippen LogP) is 0.588. The fourth-order valence-corrected chi connectivity index (χ4v) is 4.19. The maximum atomic E-state index is 11.4. The molecule has 1 N–H and O–H groups in total. The first-order chi connectivity index (χ1) is 7.18. The average molecular weight is 329 g/mol. The first-order valence-corrected chi connectivity index (χ1v) is 8.48. The lowest BCUT2D eigenvalue weighted by Crippen LogP contribution is -2.22. The first kappa shape index (κ1) is 13.4. The first-order valence-electron chi connectivity index (χ1n) is 3.98. The van der Waals surface area contributed by atoms with Crippen molar-refractivity contribution < 1.29 is 16.8 Å². The van der Waals surface area contributed by atoms with E-state index in [9.17, 15) is 16.8 Å². The number of anilines is 1. The van der Waals surface area contributed by atoms with Crippen molar-refractivity contribution in [3.05, 3.63) is 22.8 Å². The summed E-state index contributed by atoms with van der Waals surface area (Å²) < 4.78 is 47.2. The Labute approximate surface area is 102 Å². The highest BCUT2D eigenvalue weighted by molar-refractivity contribution is 9.10. The van der Waals surface area contributed by atoms with Gasteiger partial charge in [0.2, 0.25) is 10.0 Å². The van der Waals surface area contributed by atoms with Crippen LogP contribution in [0.25, 0.3) is 0 Å². The number of hydrogen-bond donors (Lipinski definition) is 1. The summed E-state index contributed by atoms with van der Waals surface area (Å²) in [6.45, 7) is 0.